The third-order valence-electron chi connectivity index (χ3n) is 4.05. The largest absolute Gasteiger partial charge is 0.494 e. The zero-order valence-corrected chi connectivity index (χ0v) is 14.6. The van der Waals surface area contributed by atoms with E-state index in [-0.39, 0.29) is 10.8 Å². The van der Waals surface area contributed by atoms with E-state index in [0.29, 0.717) is 17.9 Å². The predicted molar refractivity (Wildman–Crippen MR) is 102 cm³/mol. The van der Waals surface area contributed by atoms with Crippen molar-refractivity contribution in [2.75, 3.05) is 0 Å². The summed E-state index contributed by atoms with van der Waals surface area (Å²) in [4.78, 5) is 18.3. The van der Waals surface area contributed by atoms with Crippen LogP contribution in [0, 0.1) is 0 Å². The first-order valence-corrected chi connectivity index (χ1v) is 8.95. The van der Waals surface area contributed by atoms with Crippen molar-refractivity contribution in [1.82, 2.24) is 9.97 Å². The third kappa shape index (κ3) is 3.60. The number of nitrogens with one attached hydrogen (secondary N) is 1. The number of H-pyrrole nitrogens is 1. The van der Waals surface area contributed by atoms with Gasteiger partial charge >= 0.3 is 4.87 Å². The van der Waals surface area contributed by atoms with Crippen LogP contribution in [0.2, 0.25) is 0 Å². The minimum absolute atomic E-state index is 0.0432. The normalized spacial score (nSPS) is 10.9. The van der Waals surface area contributed by atoms with Gasteiger partial charge in [0.15, 0.2) is 0 Å². The van der Waals surface area contributed by atoms with Crippen molar-refractivity contribution >= 4 is 22.1 Å². The molecule has 2 aromatic heterocycles. The van der Waals surface area contributed by atoms with E-state index in [1.807, 2.05) is 48.5 Å². The molecule has 4 rings (SSSR count). The van der Waals surface area contributed by atoms with Crippen LogP contribution in [0.5, 0.6) is 11.6 Å². The molecular formula is C20H16N2O3S. The highest BCUT2D eigenvalue weighted by Crippen LogP contribution is 2.25. The zero-order chi connectivity index (χ0) is 17.9. The summed E-state index contributed by atoms with van der Waals surface area (Å²) in [5.41, 5.74) is 1.92. The molecule has 6 heteroatoms. The Morgan fingerprint density at radius 3 is 2.69 bits per heavy atom. The van der Waals surface area contributed by atoms with Crippen LogP contribution < -0.4 is 9.61 Å². The van der Waals surface area contributed by atoms with Crippen molar-refractivity contribution in [1.29, 1.82) is 0 Å². The Morgan fingerprint density at radius 1 is 1.08 bits per heavy atom. The fraction of sp³-hybridized carbons (Fsp3) is 0.100. The summed E-state index contributed by atoms with van der Waals surface area (Å²) in [6, 6.07) is 17.7. The van der Waals surface area contributed by atoms with Crippen molar-refractivity contribution in [3.8, 4) is 11.6 Å². The van der Waals surface area contributed by atoms with Crippen LogP contribution >= 0.6 is 11.3 Å². The molecule has 0 saturated heterocycles. The van der Waals surface area contributed by atoms with Gasteiger partial charge in [0.2, 0.25) is 5.88 Å². The van der Waals surface area contributed by atoms with Crippen molar-refractivity contribution < 1.29 is 9.84 Å². The molecule has 0 amide bonds. The quantitative estimate of drug-likeness (QED) is 0.564. The van der Waals surface area contributed by atoms with Gasteiger partial charge < -0.3 is 9.84 Å². The summed E-state index contributed by atoms with van der Waals surface area (Å²) in [5.74, 6) is 0.746. The number of hydrogen-bond acceptors (Lipinski definition) is 5. The van der Waals surface area contributed by atoms with E-state index in [1.165, 1.54) is 0 Å². The molecule has 0 aliphatic heterocycles. The van der Waals surface area contributed by atoms with Crippen LogP contribution in [0.3, 0.4) is 0 Å². The van der Waals surface area contributed by atoms with Gasteiger partial charge in [0.05, 0.1) is 10.6 Å². The van der Waals surface area contributed by atoms with E-state index < -0.39 is 0 Å². The molecule has 26 heavy (non-hydrogen) atoms. The first-order chi connectivity index (χ1) is 12.7. The molecule has 2 N–H and O–H groups in total. The van der Waals surface area contributed by atoms with Gasteiger partial charge in [-0.2, -0.15) is 0 Å². The molecular weight excluding hydrogens is 348 g/mol. The average molecular weight is 364 g/mol. The molecule has 0 saturated carbocycles. The molecule has 5 nitrogen and oxygen atoms in total. The van der Waals surface area contributed by atoms with Crippen LogP contribution in [0.4, 0.5) is 0 Å². The highest BCUT2D eigenvalue weighted by molar-refractivity contribution is 7.09. The summed E-state index contributed by atoms with van der Waals surface area (Å²) in [6.45, 7) is 0.427. The van der Waals surface area contributed by atoms with E-state index in [1.54, 1.807) is 6.20 Å². The topological polar surface area (TPSA) is 75.2 Å². The number of hydrogen-bond donors (Lipinski definition) is 2. The highest BCUT2D eigenvalue weighted by atomic mass is 32.1. The molecule has 0 fully saturated rings. The van der Waals surface area contributed by atoms with Gasteiger partial charge in [-0.05, 0) is 40.6 Å². The molecule has 2 aromatic carbocycles. The second kappa shape index (κ2) is 7.01. The number of aromatic amines is 1. The lowest BCUT2D eigenvalue weighted by molar-refractivity contribution is 0.302. The minimum Gasteiger partial charge on any atom is -0.494 e. The van der Waals surface area contributed by atoms with Crippen LogP contribution in [0.15, 0.2) is 65.6 Å². The number of thiazole rings is 1. The second-order valence-corrected chi connectivity index (χ2v) is 6.98. The number of benzene rings is 2. The molecule has 0 unspecified atom stereocenters. The minimum atomic E-state index is -0.243. The summed E-state index contributed by atoms with van der Waals surface area (Å²) < 4.78 is 5.81. The Bertz CT molecular complexity index is 1100. The number of fused-ring (bicyclic) bond motifs is 1. The molecule has 0 radical (unpaired) electrons. The molecule has 4 aromatic rings. The van der Waals surface area contributed by atoms with E-state index >= 15 is 0 Å². The summed E-state index contributed by atoms with van der Waals surface area (Å²) >= 11 is 1.03. The number of ether oxygens (including phenoxy) is 1. The van der Waals surface area contributed by atoms with Gasteiger partial charge in [0.1, 0.15) is 12.4 Å². The van der Waals surface area contributed by atoms with Crippen LogP contribution in [0.1, 0.15) is 16.1 Å². The second-order valence-electron chi connectivity index (χ2n) is 5.92. The predicted octanol–water partition coefficient (Wildman–Crippen LogP) is 3.86. The van der Waals surface area contributed by atoms with Gasteiger partial charge in [0.25, 0.3) is 0 Å². The molecule has 0 bridgehead atoms. The Morgan fingerprint density at radius 2 is 1.92 bits per heavy atom. The van der Waals surface area contributed by atoms with Gasteiger partial charge in [-0.1, -0.05) is 41.7 Å². The van der Waals surface area contributed by atoms with Crippen LogP contribution in [-0.2, 0) is 13.0 Å². The maximum Gasteiger partial charge on any atom is 0.307 e. The van der Waals surface area contributed by atoms with E-state index in [2.05, 4.69) is 16.0 Å². The lowest BCUT2D eigenvalue weighted by Gasteiger charge is -2.08. The first-order valence-electron chi connectivity index (χ1n) is 8.14. The summed E-state index contributed by atoms with van der Waals surface area (Å²) in [5, 5.41) is 11.9. The summed E-state index contributed by atoms with van der Waals surface area (Å²) in [6.07, 6.45) is 2.27. The van der Waals surface area contributed by atoms with Crippen molar-refractivity contribution in [3.05, 3.63) is 86.6 Å². The maximum absolute atomic E-state index is 11.3. The van der Waals surface area contributed by atoms with E-state index in [4.69, 9.17) is 4.74 Å². The fourth-order valence-corrected chi connectivity index (χ4v) is 3.53. The van der Waals surface area contributed by atoms with Crippen LogP contribution in [0.25, 0.3) is 10.8 Å². The zero-order valence-electron chi connectivity index (χ0n) is 13.8. The van der Waals surface area contributed by atoms with Gasteiger partial charge in [-0.25, -0.2) is 0 Å². The number of pyridine rings is 1. The maximum atomic E-state index is 11.3. The highest BCUT2D eigenvalue weighted by Gasteiger charge is 2.08. The van der Waals surface area contributed by atoms with Crippen molar-refractivity contribution in [2.24, 2.45) is 0 Å². The van der Waals surface area contributed by atoms with E-state index in [0.717, 1.165) is 39.1 Å². The lowest BCUT2D eigenvalue weighted by Crippen LogP contribution is -1.97. The number of aromatic hydroxyl groups is 1. The van der Waals surface area contributed by atoms with E-state index in [9.17, 15) is 9.90 Å². The first kappa shape index (κ1) is 16.4. The molecule has 0 aliphatic rings. The molecule has 0 spiro atoms. The number of aromatic nitrogens is 2. The van der Waals surface area contributed by atoms with Crippen molar-refractivity contribution in [3.63, 3.8) is 0 Å². The van der Waals surface area contributed by atoms with Crippen molar-refractivity contribution in [2.45, 2.75) is 13.0 Å². The fourth-order valence-electron chi connectivity index (χ4n) is 2.77. The van der Waals surface area contributed by atoms with Gasteiger partial charge in [-0.15, -0.1) is 0 Å². The Hall–Kier alpha value is -3.12. The number of nitrogens with zero attached hydrogens (tertiary/aromatic N) is 1. The Balaban J connectivity index is 1.52. The van der Waals surface area contributed by atoms with Crippen LogP contribution in [-0.4, -0.2) is 15.1 Å². The standard InChI is InChI=1S/C20H16N2O3S/c23-19-18(26-20(24)22-19)10-13-4-5-15-11-17(7-6-14(15)9-13)25-12-16-3-1-2-8-21-16/h1-9,11,23H,10,12H2,(H,22,24). The summed E-state index contributed by atoms with van der Waals surface area (Å²) in [7, 11) is 0. The number of rotatable bonds is 5. The molecule has 0 aliphatic carbocycles. The smallest absolute Gasteiger partial charge is 0.307 e. The van der Waals surface area contributed by atoms with Gasteiger partial charge in [-0.3, -0.25) is 14.8 Å². The average Bonchev–Trinajstić information content (AvgIpc) is 2.97. The lowest BCUT2D eigenvalue weighted by atomic mass is 10.0. The molecule has 2 heterocycles. The third-order valence-corrected chi connectivity index (χ3v) is 4.93. The molecule has 0 atom stereocenters. The molecule has 130 valence electrons. The van der Waals surface area contributed by atoms with Gasteiger partial charge in [0, 0.05) is 12.6 Å². The SMILES string of the molecule is O=c1[nH]c(O)c(Cc2ccc3cc(OCc4ccccn4)ccc3c2)s1. The Kier molecular flexibility index (Phi) is 4.41. The monoisotopic (exact) mass is 364 g/mol. The Labute approximate surface area is 153 Å².